The van der Waals surface area contributed by atoms with Crippen molar-refractivity contribution in [1.29, 1.82) is 0 Å². The van der Waals surface area contributed by atoms with E-state index in [4.69, 9.17) is 80.5 Å². The second kappa shape index (κ2) is 39.0. The van der Waals surface area contributed by atoms with Gasteiger partial charge in [0.2, 0.25) is 23.6 Å². The van der Waals surface area contributed by atoms with E-state index in [1.165, 1.54) is 13.8 Å². The maximum Gasteiger partial charge on any atom is 0.217 e. The summed E-state index contributed by atoms with van der Waals surface area (Å²) < 4.78 is 100. The molecular formula is C62H104N4O44. The van der Waals surface area contributed by atoms with Crippen LogP contribution in [0.3, 0.4) is 0 Å². The zero-order chi connectivity index (χ0) is 81.1. The molecule has 1 unspecified atom stereocenters. The quantitative estimate of drug-likeness (QED) is 0.0363. The molecule has 27 N–H and O–H groups in total. The topological polar surface area (TPSA) is 739 Å². The van der Waals surface area contributed by atoms with Gasteiger partial charge in [0.25, 0.3) is 0 Å². The molecule has 9 fully saturated rings. The maximum absolute atomic E-state index is 13.1. The number of amides is 4. The minimum absolute atomic E-state index is 0.809. The fourth-order valence-corrected chi connectivity index (χ4v) is 14.2. The van der Waals surface area contributed by atoms with Crippen LogP contribution in [0.25, 0.3) is 0 Å². The summed E-state index contributed by atoms with van der Waals surface area (Å²) in [6.45, 7) is -0.740. The van der Waals surface area contributed by atoms with Gasteiger partial charge in [-0.1, -0.05) is 0 Å². The molecule has 636 valence electrons. The Hall–Kier alpha value is -3.72. The molecule has 48 heteroatoms. The van der Waals surface area contributed by atoms with Crippen LogP contribution in [-0.4, -0.2) is 463 Å². The lowest BCUT2D eigenvalue weighted by molar-refractivity contribution is -0.391. The molecule has 0 aliphatic carbocycles. The first-order chi connectivity index (χ1) is 51.9. The Labute approximate surface area is 624 Å². The number of nitrogens with one attached hydrogen (secondary N) is 4. The zero-order valence-corrected chi connectivity index (χ0v) is 59.8. The molecule has 0 radical (unpaired) electrons. The predicted molar refractivity (Wildman–Crippen MR) is 341 cm³/mol. The van der Waals surface area contributed by atoms with Crippen molar-refractivity contribution in [2.75, 3.05) is 46.2 Å². The maximum atomic E-state index is 13.1. The van der Waals surface area contributed by atoms with E-state index >= 15 is 0 Å². The summed E-state index contributed by atoms with van der Waals surface area (Å²) in [5, 5.41) is 265. The van der Waals surface area contributed by atoms with Gasteiger partial charge >= 0.3 is 0 Å². The van der Waals surface area contributed by atoms with Crippen molar-refractivity contribution in [2.45, 2.75) is 318 Å². The van der Waals surface area contributed by atoms with E-state index in [9.17, 15) is 137 Å². The number of hydrogen-bond donors (Lipinski definition) is 27. The number of hydrogen-bond acceptors (Lipinski definition) is 44. The fourth-order valence-electron chi connectivity index (χ4n) is 14.2. The Morgan fingerprint density at radius 3 is 0.964 bits per heavy atom. The third-order valence-electron chi connectivity index (χ3n) is 20.3. The largest absolute Gasteiger partial charge is 0.394 e. The lowest BCUT2D eigenvalue weighted by atomic mass is 9.93. The predicted octanol–water partition coefficient (Wildman–Crippen LogP) is -18.0. The van der Waals surface area contributed by atoms with Crippen LogP contribution in [0.5, 0.6) is 0 Å². The van der Waals surface area contributed by atoms with Crippen LogP contribution in [0.15, 0.2) is 0 Å². The molecule has 9 saturated heterocycles. The second-order valence-electron chi connectivity index (χ2n) is 28.2. The third kappa shape index (κ3) is 19.9. The summed E-state index contributed by atoms with van der Waals surface area (Å²) in [6, 6.07) is -7.35. The molecular weight excluding hydrogens is 1500 g/mol. The van der Waals surface area contributed by atoms with E-state index < -0.39 is 346 Å². The Balaban J connectivity index is 0.989. The molecule has 45 atom stereocenters. The molecule has 0 aromatic heterocycles. The molecule has 0 saturated carbocycles. The van der Waals surface area contributed by atoms with Crippen molar-refractivity contribution < 1.29 is 217 Å². The van der Waals surface area contributed by atoms with Crippen LogP contribution in [0.4, 0.5) is 0 Å². The van der Waals surface area contributed by atoms with Crippen LogP contribution in [0.2, 0.25) is 0 Å². The Morgan fingerprint density at radius 1 is 0.255 bits per heavy atom. The van der Waals surface area contributed by atoms with E-state index in [-0.39, 0.29) is 0 Å². The molecule has 0 bridgehead atoms. The zero-order valence-electron chi connectivity index (χ0n) is 59.8. The van der Waals surface area contributed by atoms with Crippen LogP contribution in [0, 0.1) is 0 Å². The molecule has 0 aromatic carbocycles. The van der Waals surface area contributed by atoms with E-state index in [0.717, 1.165) is 27.7 Å². The van der Waals surface area contributed by atoms with Gasteiger partial charge in [0, 0.05) is 27.7 Å². The van der Waals surface area contributed by atoms with Gasteiger partial charge in [0.15, 0.2) is 56.6 Å². The lowest BCUT2D eigenvalue weighted by Crippen LogP contribution is -2.71. The highest BCUT2D eigenvalue weighted by Gasteiger charge is 2.60. The van der Waals surface area contributed by atoms with Crippen molar-refractivity contribution in [3.8, 4) is 0 Å². The van der Waals surface area contributed by atoms with E-state index in [0.29, 0.717) is 0 Å². The van der Waals surface area contributed by atoms with Crippen LogP contribution < -0.4 is 21.3 Å². The first kappa shape index (κ1) is 90.2. The van der Waals surface area contributed by atoms with Crippen LogP contribution in [0.1, 0.15) is 41.5 Å². The molecule has 0 spiro atoms. The van der Waals surface area contributed by atoms with Gasteiger partial charge in [-0.05, 0) is 13.8 Å². The molecule has 110 heavy (non-hydrogen) atoms. The van der Waals surface area contributed by atoms with Gasteiger partial charge in [-0.3, -0.25) is 19.2 Å². The van der Waals surface area contributed by atoms with E-state index in [1.807, 2.05) is 0 Å². The second-order valence-corrected chi connectivity index (χ2v) is 28.2. The number of ether oxygens (including phenoxy) is 17. The molecule has 9 rings (SSSR count). The Kier molecular flexibility index (Phi) is 32.0. The van der Waals surface area contributed by atoms with Crippen molar-refractivity contribution in [2.24, 2.45) is 0 Å². The summed E-state index contributed by atoms with van der Waals surface area (Å²) >= 11 is 0. The Morgan fingerprint density at radius 2 is 0.555 bits per heavy atom. The van der Waals surface area contributed by atoms with E-state index in [2.05, 4.69) is 21.3 Å². The average molecular weight is 1610 g/mol. The van der Waals surface area contributed by atoms with Gasteiger partial charge in [-0.2, -0.15) is 0 Å². The summed E-state index contributed by atoms with van der Waals surface area (Å²) in [7, 11) is 0. The molecule has 9 aliphatic heterocycles. The SMILES string of the molecule is CC(=O)N[C@H]1[C@H](OC[C@H]2OC(O)[C@H](NC(C)=O)[C@@H](O[C@@H]3O[C@H](CO[C@@H]4O[C@H](CO)[C@@H](O)[C@H](O)[C@H]4NC(C)=O)[C@H](O)[C@H](O[C@@H]4O[C@H](CO)[C@@H](O[C@@H]5O[C@H](CO)[C@H](O)[C@H](O)[C@H]5O[C@@H]5O[C@@H](C)[C@@H](O)[C@@H](O)[C@@H]5O)[C@H](O)[C@H]4NC(C)=O)[C@H]3O)[C@H]2O)O[C@H](CO)[C@@H](O[C@@H]2O[C@H](CO)[C@H](O)[C@H](O)[C@H]2O[C@@H]2O[C@@H](C)[C@@H](O)[C@@H](O)[C@@H]2O)[C@@H]1O. The van der Waals surface area contributed by atoms with Gasteiger partial charge in [-0.25, -0.2) is 0 Å². The first-order valence-corrected chi connectivity index (χ1v) is 35.3. The standard InChI is InChI=1S/C62H104N4O44/c1-14-31(76)41(86)45(90)58(96-14)109-52-43(88)34(79)21(8-68)100-61(52)105-48-23(10-70)102-56(28(39(48)84)64-17(4)73)94-12-25-36(81)50(30(54(93)98-25)66-19(6)75)107-60-47(92)51(37(82)26(104-60)13-95-55-27(63-16(3)72)38(83)33(78)20(7-67)99-55)108-57-29(65-18(5)74)40(85)49(24(11-71)103-57)106-62-53(44(89)35(80)22(9-69)101-62)110-59-46(91)42(87)32(77)15(2)97-59/h14-15,20-62,67-71,76-93H,7-13H2,1-6H3,(H,63,72)(H,64,73)(H,65,74)(H,66,75)/t14-,15-,20+,21+,22+,23+,24+,25+,26+,27+,28+,29+,30+,31+,32+,33+,34-,35-,36-,37-,38+,39+,40+,41+,42+,43-,44-,45-,46-,47+,48+,49+,50+,51-,52+,53+,54?,55+,56+,57-,58-,59-,60-,61-,62-/m0/s1. The molecule has 9 heterocycles. The Bertz CT molecular complexity index is 2940. The normalized spacial score (nSPS) is 49.6. The highest BCUT2D eigenvalue weighted by atomic mass is 16.8. The van der Waals surface area contributed by atoms with Crippen molar-refractivity contribution in [3.05, 3.63) is 0 Å². The van der Waals surface area contributed by atoms with Gasteiger partial charge in [0.05, 0.1) is 58.5 Å². The smallest absolute Gasteiger partial charge is 0.217 e. The molecule has 48 nitrogen and oxygen atoms in total. The van der Waals surface area contributed by atoms with Gasteiger partial charge in [-0.15, -0.1) is 0 Å². The highest BCUT2D eigenvalue weighted by Crippen LogP contribution is 2.39. The van der Waals surface area contributed by atoms with Crippen LogP contribution >= 0.6 is 0 Å². The number of carbonyl (C=O) groups excluding carboxylic acids is 4. The first-order valence-electron chi connectivity index (χ1n) is 35.3. The van der Waals surface area contributed by atoms with Crippen molar-refractivity contribution in [3.63, 3.8) is 0 Å². The number of aliphatic hydroxyl groups is 23. The summed E-state index contributed by atoms with van der Waals surface area (Å²) in [5.74, 6) is -3.59. The summed E-state index contributed by atoms with van der Waals surface area (Å²) in [4.78, 5) is 51.4. The van der Waals surface area contributed by atoms with Crippen molar-refractivity contribution >= 4 is 23.6 Å². The monoisotopic (exact) mass is 1610 g/mol. The minimum atomic E-state index is -2.48. The fraction of sp³-hybridized carbons (Fsp3) is 0.935. The number of carbonyl (C=O) groups is 4. The molecule has 0 aromatic rings. The highest BCUT2D eigenvalue weighted by molar-refractivity contribution is 5.74. The number of aliphatic hydroxyl groups excluding tert-OH is 23. The third-order valence-corrected chi connectivity index (χ3v) is 20.3. The number of rotatable bonds is 27. The van der Waals surface area contributed by atoms with Gasteiger partial charge in [0.1, 0.15) is 207 Å². The van der Waals surface area contributed by atoms with Crippen LogP contribution in [-0.2, 0) is 99.7 Å². The summed E-state index contributed by atoms with van der Waals surface area (Å²) in [5.41, 5.74) is 0. The van der Waals surface area contributed by atoms with Gasteiger partial charge < -0.3 is 219 Å². The molecule has 4 amide bonds. The summed E-state index contributed by atoms with van der Waals surface area (Å²) in [6.07, 6.45) is -80.2. The lowest BCUT2D eigenvalue weighted by Gasteiger charge is -2.51. The average Bonchev–Trinajstić information content (AvgIpc) is 0.765. The van der Waals surface area contributed by atoms with Crippen molar-refractivity contribution in [1.82, 2.24) is 21.3 Å². The molecule has 9 aliphatic rings. The minimum Gasteiger partial charge on any atom is -0.394 e. The van der Waals surface area contributed by atoms with E-state index in [1.54, 1.807) is 0 Å².